The first-order chi connectivity index (χ1) is 8.62. The molecule has 1 heterocycles. The number of nitrogens with one attached hydrogen (secondary N) is 1. The molecule has 18 heavy (non-hydrogen) atoms. The molecule has 1 rings (SSSR count). The van der Waals surface area contributed by atoms with Crippen LogP contribution in [0.1, 0.15) is 39.5 Å². The van der Waals surface area contributed by atoms with Gasteiger partial charge in [-0.25, -0.2) is 0 Å². The average Bonchev–Trinajstić information content (AvgIpc) is 2.75. The highest BCUT2D eigenvalue weighted by molar-refractivity contribution is 5.89. The van der Waals surface area contributed by atoms with Gasteiger partial charge in [-0.3, -0.25) is 9.59 Å². The van der Waals surface area contributed by atoms with E-state index in [1.165, 1.54) is 0 Å². The van der Waals surface area contributed by atoms with Gasteiger partial charge in [0.25, 0.3) is 0 Å². The first-order valence-electron chi connectivity index (χ1n) is 6.90. The van der Waals surface area contributed by atoms with Crippen LogP contribution in [0.4, 0.5) is 0 Å². The van der Waals surface area contributed by atoms with Crippen molar-refractivity contribution in [3.05, 3.63) is 0 Å². The fourth-order valence-corrected chi connectivity index (χ4v) is 2.27. The second kappa shape index (κ2) is 7.36. The van der Waals surface area contributed by atoms with E-state index < -0.39 is 0 Å². The molecule has 0 aromatic heterocycles. The van der Waals surface area contributed by atoms with Gasteiger partial charge in [0.15, 0.2) is 0 Å². The highest BCUT2D eigenvalue weighted by Crippen LogP contribution is 2.17. The molecule has 0 spiro atoms. The topological polar surface area (TPSA) is 75.4 Å². The van der Waals surface area contributed by atoms with Crippen LogP contribution in [0, 0.1) is 5.92 Å². The summed E-state index contributed by atoms with van der Waals surface area (Å²) in [4.78, 5) is 25.3. The molecule has 0 aliphatic carbocycles. The van der Waals surface area contributed by atoms with Gasteiger partial charge in [-0.2, -0.15) is 0 Å². The summed E-state index contributed by atoms with van der Waals surface area (Å²) < 4.78 is 0. The van der Waals surface area contributed by atoms with Crippen molar-refractivity contribution in [1.29, 1.82) is 0 Å². The Bertz CT molecular complexity index is 294. The fraction of sp³-hybridized carbons (Fsp3) is 0.846. The van der Waals surface area contributed by atoms with Gasteiger partial charge in [0.1, 0.15) is 0 Å². The quantitative estimate of drug-likeness (QED) is 0.695. The maximum atomic E-state index is 12.0. The van der Waals surface area contributed by atoms with Crippen molar-refractivity contribution >= 4 is 11.8 Å². The molecule has 2 atom stereocenters. The highest BCUT2D eigenvalue weighted by Gasteiger charge is 2.33. The van der Waals surface area contributed by atoms with E-state index in [1.54, 1.807) is 4.90 Å². The standard InChI is InChI=1S/C13H25N3O2/c1-3-5-6-11(8-14)15-13(18)10-7-12(17)16(4-2)9-10/h10-11H,3-9,14H2,1-2H3,(H,15,18). The van der Waals surface area contributed by atoms with Gasteiger partial charge in [-0.05, 0) is 13.3 Å². The molecule has 1 fully saturated rings. The van der Waals surface area contributed by atoms with Crippen molar-refractivity contribution < 1.29 is 9.59 Å². The number of carbonyl (C=O) groups excluding carboxylic acids is 2. The molecule has 0 aromatic carbocycles. The molecule has 0 aromatic rings. The van der Waals surface area contributed by atoms with Crippen LogP contribution in [-0.4, -0.2) is 42.4 Å². The number of amides is 2. The van der Waals surface area contributed by atoms with Crippen LogP contribution in [0.2, 0.25) is 0 Å². The minimum Gasteiger partial charge on any atom is -0.352 e. The molecule has 1 aliphatic heterocycles. The van der Waals surface area contributed by atoms with E-state index in [2.05, 4.69) is 12.2 Å². The second-order valence-electron chi connectivity index (χ2n) is 4.92. The summed E-state index contributed by atoms with van der Waals surface area (Å²) in [6.45, 7) is 5.74. The summed E-state index contributed by atoms with van der Waals surface area (Å²) in [6.07, 6.45) is 3.41. The van der Waals surface area contributed by atoms with Crippen LogP contribution in [0.25, 0.3) is 0 Å². The van der Waals surface area contributed by atoms with Crippen LogP contribution in [0.15, 0.2) is 0 Å². The maximum Gasteiger partial charge on any atom is 0.225 e. The van der Waals surface area contributed by atoms with E-state index in [9.17, 15) is 9.59 Å². The van der Waals surface area contributed by atoms with Crippen LogP contribution in [0.5, 0.6) is 0 Å². The van der Waals surface area contributed by atoms with E-state index in [0.29, 0.717) is 26.1 Å². The number of hydrogen-bond donors (Lipinski definition) is 2. The predicted octanol–water partition coefficient (Wildman–Crippen LogP) is 0.489. The van der Waals surface area contributed by atoms with Crippen molar-refractivity contribution in [3.63, 3.8) is 0 Å². The van der Waals surface area contributed by atoms with Crippen molar-refractivity contribution in [2.45, 2.75) is 45.6 Å². The number of unbranched alkanes of at least 4 members (excludes halogenated alkanes) is 1. The van der Waals surface area contributed by atoms with Crippen molar-refractivity contribution in [2.24, 2.45) is 11.7 Å². The van der Waals surface area contributed by atoms with E-state index in [4.69, 9.17) is 5.73 Å². The Balaban J connectivity index is 2.42. The third kappa shape index (κ3) is 3.98. The molecule has 0 saturated carbocycles. The van der Waals surface area contributed by atoms with Gasteiger partial charge < -0.3 is 16.0 Å². The average molecular weight is 255 g/mol. The number of rotatable bonds is 7. The van der Waals surface area contributed by atoms with Gasteiger partial charge >= 0.3 is 0 Å². The maximum absolute atomic E-state index is 12.0. The number of hydrogen-bond acceptors (Lipinski definition) is 3. The summed E-state index contributed by atoms with van der Waals surface area (Å²) >= 11 is 0. The number of carbonyl (C=O) groups is 2. The van der Waals surface area contributed by atoms with E-state index in [-0.39, 0.29) is 23.8 Å². The summed E-state index contributed by atoms with van der Waals surface area (Å²) in [7, 11) is 0. The molecule has 0 radical (unpaired) electrons. The summed E-state index contributed by atoms with van der Waals surface area (Å²) in [5, 5.41) is 2.97. The third-order valence-corrected chi connectivity index (χ3v) is 3.50. The Kier molecular flexibility index (Phi) is 6.12. The van der Waals surface area contributed by atoms with Crippen LogP contribution in [0.3, 0.4) is 0 Å². The molecule has 5 nitrogen and oxygen atoms in total. The zero-order chi connectivity index (χ0) is 13.5. The molecule has 0 bridgehead atoms. The largest absolute Gasteiger partial charge is 0.352 e. The van der Waals surface area contributed by atoms with Crippen molar-refractivity contribution in [3.8, 4) is 0 Å². The number of nitrogens with zero attached hydrogens (tertiary/aromatic N) is 1. The fourth-order valence-electron chi connectivity index (χ4n) is 2.27. The van der Waals surface area contributed by atoms with Crippen LogP contribution in [-0.2, 0) is 9.59 Å². The van der Waals surface area contributed by atoms with Gasteiger partial charge in [0, 0.05) is 32.1 Å². The number of likely N-dealkylation sites (tertiary alicyclic amines) is 1. The lowest BCUT2D eigenvalue weighted by Gasteiger charge is -2.19. The molecular formula is C13H25N3O2. The minimum absolute atomic E-state index is 0.0224. The third-order valence-electron chi connectivity index (χ3n) is 3.50. The smallest absolute Gasteiger partial charge is 0.225 e. The molecule has 5 heteroatoms. The summed E-state index contributed by atoms with van der Waals surface area (Å²) in [5.41, 5.74) is 5.65. The van der Waals surface area contributed by atoms with E-state index in [0.717, 1.165) is 19.3 Å². The van der Waals surface area contributed by atoms with Gasteiger partial charge in [-0.1, -0.05) is 19.8 Å². The molecule has 2 unspecified atom stereocenters. The molecule has 2 amide bonds. The molecular weight excluding hydrogens is 230 g/mol. The highest BCUT2D eigenvalue weighted by atomic mass is 16.2. The Morgan fingerprint density at radius 3 is 2.78 bits per heavy atom. The lowest BCUT2D eigenvalue weighted by molar-refractivity contribution is -0.129. The van der Waals surface area contributed by atoms with Crippen molar-refractivity contribution in [1.82, 2.24) is 10.2 Å². The number of nitrogens with two attached hydrogens (primary N) is 1. The lowest BCUT2D eigenvalue weighted by atomic mass is 10.1. The van der Waals surface area contributed by atoms with Gasteiger partial charge in [-0.15, -0.1) is 0 Å². The predicted molar refractivity (Wildman–Crippen MR) is 70.9 cm³/mol. The monoisotopic (exact) mass is 255 g/mol. The Morgan fingerprint density at radius 2 is 2.28 bits per heavy atom. The van der Waals surface area contributed by atoms with Gasteiger partial charge in [0.2, 0.25) is 11.8 Å². The first kappa shape index (κ1) is 15.0. The molecule has 3 N–H and O–H groups in total. The Morgan fingerprint density at radius 1 is 1.56 bits per heavy atom. The summed E-state index contributed by atoms with van der Waals surface area (Å²) in [6, 6.07) is 0.0447. The van der Waals surface area contributed by atoms with Crippen molar-refractivity contribution in [2.75, 3.05) is 19.6 Å². The minimum atomic E-state index is -0.201. The lowest BCUT2D eigenvalue weighted by Crippen LogP contribution is -2.43. The van der Waals surface area contributed by atoms with Crippen LogP contribution >= 0.6 is 0 Å². The SMILES string of the molecule is CCCCC(CN)NC(=O)C1CC(=O)N(CC)C1. The Hall–Kier alpha value is -1.10. The zero-order valence-corrected chi connectivity index (χ0v) is 11.4. The first-order valence-corrected chi connectivity index (χ1v) is 6.90. The van der Waals surface area contributed by atoms with Gasteiger partial charge in [0.05, 0.1) is 5.92 Å². The summed E-state index contributed by atoms with van der Waals surface area (Å²) in [5.74, 6) is -0.144. The second-order valence-corrected chi connectivity index (χ2v) is 4.92. The van der Waals surface area contributed by atoms with E-state index >= 15 is 0 Å². The van der Waals surface area contributed by atoms with Crippen LogP contribution < -0.4 is 11.1 Å². The zero-order valence-electron chi connectivity index (χ0n) is 11.4. The molecule has 1 saturated heterocycles. The molecule has 104 valence electrons. The Labute approximate surface area is 109 Å². The normalized spacial score (nSPS) is 21.2. The van der Waals surface area contributed by atoms with E-state index in [1.807, 2.05) is 6.92 Å². The molecule has 1 aliphatic rings.